The van der Waals surface area contributed by atoms with Crippen LogP contribution in [0.1, 0.15) is 18.4 Å². The number of aromatic nitrogens is 1. The number of rotatable bonds is 5. The molecule has 1 atom stereocenters. The van der Waals surface area contributed by atoms with Gasteiger partial charge in [0.15, 0.2) is 5.69 Å². The topological polar surface area (TPSA) is 83.9 Å². The Morgan fingerprint density at radius 2 is 2.15 bits per heavy atom. The third-order valence-corrected chi connectivity index (χ3v) is 4.80. The van der Waals surface area contributed by atoms with Crippen LogP contribution in [-0.2, 0) is 11.3 Å². The van der Waals surface area contributed by atoms with Crippen LogP contribution in [0.4, 0.5) is 16.2 Å². The molecular weight excluding hydrogens is 400 g/mol. The minimum atomic E-state index is -0.441. The lowest BCUT2D eigenvalue weighted by Gasteiger charge is -2.35. The first kappa shape index (κ1) is 18.3. The number of nitroso groups, excluding NO2 is 1. The quantitative estimate of drug-likeness (QED) is 0.737. The van der Waals surface area contributed by atoms with Crippen molar-refractivity contribution < 1.29 is 9.53 Å². The Balaban J connectivity index is 1.59. The third-order valence-electron chi connectivity index (χ3n) is 4.22. The molecule has 1 saturated heterocycles. The molecule has 1 unspecified atom stereocenters. The van der Waals surface area contributed by atoms with Crippen molar-refractivity contribution in [2.24, 2.45) is 5.18 Å². The Hall–Kier alpha value is -2.48. The Morgan fingerprint density at radius 1 is 1.35 bits per heavy atom. The van der Waals surface area contributed by atoms with E-state index in [9.17, 15) is 9.70 Å². The largest absolute Gasteiger partial charge is 0.445 e. The van der Waals surface area contributed by atoms with Crippen LogP contribution in [-0.4, -0.2) is 30.2 Å². The monoisotopic (exact) mass is 418 g/mol. The van der Waals surface area contributed by atoms with Crippen LogP contribution in [0.2, 0.25) is 0 Å². The Morgan fingerprint density at radius 3 is 2.92 bits per heavy atom. The number of ether oxygens (including phenoxy) is 1. The van der Waals surface area contributed by atoms with Crippen LogP contribution in [0.5, 0.6) is 0 Å². The Kier molecular flexibility index (Phi) is 6.17. The molecule has 2 heterocycles. The Bertz CT molecular complexity index is 772. The number of anilines is 1. The van der Waals surface area contributed by atoms with Gasteiger partial charge in [0.2, 0.25) is 0 Å². The second-order valence-electron chi connectivity index (χ2n) is 6.07. The van der Waals surface area contributed by atoms with Crippen LogP contribution in [0.15, 0.2) is 52.4 Å². The summed E-state index contributed by atoms with van der Waals surface area (Å²) < 4.78 is 5.99. The van der Waals surface area contributed by atoms with Crippen molar-refractivity contribution in [3.05, 3.63) is 57.7 Å². The van der Waals surface area contributed by atoms with Gasteiger partial charge in [-0.15, -0.1) is 4.91 Å². The summed E-state index contributed by atoms with van der Waals surface area (Å²) in [5.74, 6) is 0. The highest BCUT2D eigenvalue weighted by atomic mass is 79.9. The van der Waals surface area contributed by atoms with Gasteiger partial charge in [-0.05, 0) is 39.5 Å². The number of benzene rings is 1. The maximum Gasteiger partial charge on any atom is 0.407 e. The average Bonchev–Trinajstić information content (AvgIpc) is 2.67. The predicted molar refractivity (Wildman–Crippen MR) is 102 cm³/mol. The number of halogens is 1. The maximum absolute atomic E-state index is 12.1. The number of alkyl carbamates (subject to hydrolysis) is 1. The van der Waals surface area contributed by atoms with Crippen LogP contribution >= 0.6 is 15.9 Å². The van der Waals surface area contributed by atoms with Crippen LogP contribution in [0, 0.1) is 4.91 Å². The highest BCUT2D eigenvalue weighted by Crippen LogP contribution is 2.36. The number of pyridine rings is 1. The van der Waals surface area contributed by atoms with Crippen molar-refractivity contribution >= 4 is 33.4 Å². The SMILES string of the molecule is O=Nc1cncc(Br)c1N1CCCC(NC(=O)OCc2ccccc2)C1. The minimum Gasteiger partial charge on any atom is -0.445 e. The molecule has 0 saturated carbocycles. The molecule has 0 spiro atoms. The number of nitrogens with zero attached hydrogens (tertiary/aromatic N) is 3. The number of nitrogens with one attached hydrogen (secondary N) is 1. The molecule has 8 heteroatoms. The van der Waals surface area contributed by atoms with E-state index in [1.807, 2.05) is 35.2 Å². The molecular formula is C18H19BrN4O3. The number of carbonyl (C=O) groups is 1. The number of hydrogen-bond donors (Lipinski definition) is 1. The van der Waals surface area contributed by atoms with E-state index >= 15 is 0 Å². The first-order valence-corrected chi connectivity index (χ1v) is 9.15. The molecule has 26 heavy (non-hydrogen) atoms. The van der Waals surface area contributed by atoms with Crippen molar-refractivity contribution in [3.8, 4) is 0 Å². The van der Waals surface area contributed by atoms with Gasteiger partial charge in [0.25, 0.3) is 0 Å². The maximum atomic E-state index is 12.1. The highest BCUT2D eigenvalue weighted by molar-refractivity contribution is 9.10. The summed E-state index contributed by atoms with van der Waals surface area (Å²) in [6, 6.07) is 9.47. The predicted octanol–water partition coefficient (Wildman–Crippen LogP) is 4.14. The van der Waals surface area contributed by atoms with E-state index < -0.39 is 6.09 Å². The summed E-state index contributed by atoms with van der Waals surface area (Å²) in [5.41, 5.74) is 1.93. The van der Waals surface area contributed by atoms with E-state index in [0.29, 0.717) is 16.7 Å². The van der Waals surface area contributed by atoms with Crippen molar-refractivity contribution in [1.29, 1.82) is 0 Å². The number of piperidine rings is 1. The molecule has 1 N–H and O–H groups in total. The lowest BCUT2D eigenvalue weighted by atomic mass is 10.1. The molecule has 0 radical (unpaired) electrons. The van der Waals surface area contributed by atoms with E-state index in [0.717, 1.165) is 24.9 Å². The lowest BCUT2D eigenvalue weighted by Crippen LogP contribution is -2.48. The third kappa shape index (κ3) is 4.57. The van der Waals surface area contributed by atoms with Crippen molar-refractivity contribution in [1.82, 2.24) is 10.3 Å². The minimum absolute atomic E-state index is 0.0633. The van der Waals surface area contributed by atoms with Crippen molar-refractivity contribution in [3.63, 3.8) is 0 Å². The zero-order chi connectivity index (χ0) is 18.4. The van der Waals surface area contributed by atoms with Gasteiger partial charge in [-0.25, -0.2) is 4.79 Å². The zero-order valence-electron chi connectivity index (χ0n) is 14.1. The van der Waals surface area contributed by atoms with E-state index in [-0.39, 0.29) is 18.3 Å². The fourth-order valence-electron chi connectivity index (χ4n) is 3.03. The molecule has 1 aliphatic heterocycles. The summed E-state index contributed by atoms with van der Waals surface area (Å²) in [4.78, 5) is 29.2. The van der Waals surface area contributed by atoms with Gasteiger partial charge in [0, 0.05) is 25.3 Å². The van der Waals surface area contributed by atoms with E-state index in [1.54, 1.807) is 6.20 Å². The highest BCUT2D eigenvalue weighted by Gasteiger charge is 2.25. The van der Waals surface area contributed by atoms with Gasteiger partial charge < -0.3 is 15.0 Å². The molecule has 1 aliphatic rings. The number of carbonyl (C=O) groups excluding carboxylic acids is 1. The van der Waals surface area contributed by atoms with Crippen LogP contribution in [0.3, 0.4) is 0 Å². The smallest absolute Gasteiger partial charge is 0.407 e. The van der Waals surface area contributed by atoms with E-state index in [1.165, 1.54) is 6.20 Å². The summed E-state index contributed by atoms with van der Waals surface area (Å²) in [6.07, 6.45) is 4.37. The molecule has 2 aromatic rings. The number of amides is 1. The Labute approximate surface area is 159 Å². The molecule has 7 nitrogen and oxygen atoms in total. The first-order valence-electron chi connectivity index (χ1n) is 8.36. The average molecular weight is 419 g/mol. The fraction of sp³-hybridized carbons (Fsp3) is 0.333. The number of hydrogen-bond acceptors (Lipinski definition) is 6. The van der Waals surface area contributed by atoms with E-state index in [4.69, 9.17) is 4.74 Å². The van der Waals surface area contributed by atoms with Crippen molar-refractivity contribution in [2.45, 2.75) is 25.5 Å². The molecule has 1 aromatic carbocycles. The normalized spacial score (nSPS) is 16.8. The second kappa shape index (κ2) is 8.75. The first-order chi connectivity index (χ1) is 12.7. The molecule has 3 rings (SSSR count). The molecule has 0 bridgehead atoms. The summed E-state index contributed by atoms with van der Waals surface area (Å²) in [7, 11) is 0. The van der Waals surface area contributed by atoms with Gasteiger partial charge in [-0.3, -0.25) is 4.98 Å². The zero-order valence-corrected chi connectivity index (χ0v) is 15.7. The van der Waals surface area contributed by atoms with Crippen LogP contribution in [0.25, 0.3) is 0 Å². The molecule has 1 amide bonds. The van der Waals surface area contributed by atoms with Crippen LogP contribution < -0.4 is 10.2 Å². The van der Waals surface area contributed by atoms with Crippen molar-refractivity contribution in [2.75, 3.05) is 18.0 Å². The standard InChI is InChI=1S/C18H19BrN4O3/c19-15-9-20-10-16(22-25)17(15)23-8-4-7-14(11-23)21-18(24)26-12-13-5-2-1-3-6-13/h1-3,5-6,9-10,14H,4,7-8,11-12H2,(H,21,24). The molecule has 0 aliphatic carbocycles. The van der Waals surface area contributed by atoms with Gasteiger partial charge in [0.1, 0.15) is 6.61 Å². The van der Waals surface area contributed by atoms with Gasteiger partial charge in [-0.2, -0.15) is 0 Å². The van der Waals surface area contributed by atoms with E-state index in [2.05, 4.69) is 31.4 Å². The second-order valence-corrected chi connectivity index (χ2v) is 6.93. The lowest BCUT2D eigenvalue weighted by molar-refractivity contribution is 0.134. The fourth-order valence-corrected chi connectivity index (χ4v) is 3.60. The molecule has 1 fully saturated rings. The van der Waals surface area contributed by atoms with Gasteiger partial charge in [-0.1, -0.05) is 30.3 Å². The summed E-state index contributed by atoms with van der Waals surface area (Å²) in [6.45, 7) is 1.59. The molecule has 1 aromatic heterocycles. The van der Waals surface area contributed by atoms with Gasteiger partial charge >= 0.3 is 6.09 Å². The van der Waals surface area contributed by atoms with Gasteiger partial charge in [0.05, 0.1) is 16.4 Å². The molecule has 136 valence electrons. The summed E-state index contributed by atoms with van der Waals surface area (Å²) >= 11 is 3.43. The summed E-state index contributed by atoms with van der Waals surface area (Å²) in [5, 5.41) is 5.96.